The zero-order valence-electron chi connectivity index (χ0n) is 9.70. The number of carbonyl (C=O) groups excluding carboxylic acids is 2. The maximum Gasteiger partial charge on any atom is 0.223 e. The number of Topliss-reactive ketones (excluding diaryl/α,β-unsaturated/α-hetero) is 1. The van der Waals surface area contributed by atoms with E-state index in [1.165, 1.54) is 19.1 Å². The number of ketones is 1. The van der Waals surface area contributed by atoms with Crippen LogP contribution in [0.15, 0.2) is 18.2 Å². The summed E-state index contributed by atoms with van der Waals surface area (Å²) >= 11 is 0. The van der Waals surface area contributed by atoms with Crippen molar-refractivity contribution in [3.63, 3.8) is 0 Å². The summed E-state index contributed by atoms with van der Waals surface area (Å²) in [5, 5.41) is 0. The van der Waals surface area contributed by atoms with Gasteiger partial charge < -0.3 is 10.5 Å². The quantitative estimate of drug-likeness (QED) is 0.792. The molecule has 0 aliphatic rings. The zero-order chi connectivity index (χ0) is 13.0. The molecule has 0 radical (unpaired) electrons. The van der Waals surface area contributed by atoms with Crippen LogP contribution in [-0.4, -0.2) is 18.3 Å². The van der Waals surface area contributed by atoms with Crippen molar-refractivity contribution in [2.75, 3.05) is 6.61 Å². The Hall–Kier alpha value is -1.91. The maximum absolute atomic E-state index is 13.0. The average molecular weight is 239 g/mol. The molecule has 4 nitrogen and oxygen atoms in total. The lowest BCUT2D eigenvalue weighted by molar-refractivity contribution is -0.122. The monoisotopic (exact) mass is 239 g/mol. The molecule has 0 aliphatic carbocycles. The van der Waals surface area contributed by atoms with Crippen molar-refractivity contribution < 1.29 is 18.7 Å². The Balaban J connectivity index is 2.85. The molecule has 92 valence electrons. The number of primary amides is 1. The lowest BCUT2D eigenvalue weighted by Crippen LogP contribution is -2.26. The van der Waals surface area contributed by atoms with E-state index in [9.17, 15) is 14.0 Å². The Kier molecular flexibility index (Phi) is 4.20. The van der Waals surface area contributed by atoms with Gasteiger partial charge in [0.2, 0.25) is 5.91 Å². The van der Waals surface area contributed by atoms with Crippen LogP contribution in [0.5, 0.6) is 5.75 Å². The minimum Gasteiger partial charge on any atom is -0.492 e. The largest absolute Gasteiger partial charge is 0.492 e. The number of ether oxygens (including phenoxy) is 1. The highest BCUT2D eigenvalue weighted by atomic mass is 19.1. The van der Waals surface area contributed by atoms with Crippen LogP contribution in [0, 0.1) is 11.7 Å². The van der Waals surface area contributed by atoms with Gasteiger partial charge in [0, 0.05) is 6.07 Å². The molecular formula is C12H14FNO3. The molecule has 2 N–H and O–H groups in total. The standard InChI is InChI=1S/C12H14FNO3/c1-7(12(14)16)6-17-11-5-9(13)3-4-10(11)8(2)15/h3-5,7H,6H2,1-2H3,(H2,14,16). The van der Waals surface area contributed by atoms with Gasteiger partial charge in [0.05, 0.1) is 18.1 Å². The molecule has 0 saturated carbocycles. The Morgan fingerprint density at radius 2 is 2.12 bits per heavy atom. The first-order chi connectivity index (χ1) is 7.91. The van der Waals surface area contributed by atoms with Gasteiger partial charge in [-0.15, -0.1) is 0 Å². The third-order valence-electron chi connectivity index (χ3n) is 2.30. The summed E-state index contributed by atoms with van der Waals surface area (Å²) in [6.07, 6.45) is 0. The number of halogens is 1. The van der Waals surface area contributed by atoms with Gasteiger partial charge in [-0.05, 0) is 19.1 Å². The van der Waals surface area contributed by atoms with E-state index >= 15 is 0 Å². The van der Waals surface area contributed by atoms with Crippen molar-refractivity contribution in [1.82, 2.24) is 0 Å². The van der Waals surface area contributed by atoms with Crippen LogP contribution in [0.3, 0.4) is 0 Å². The molecule has 5 heteroatoms. The summed E-state index contributed by atoms with van der Waals surface area (Å²) in [5.74, 6) is -1.61. The Morgan fingerprint density at radius 1 is 1.47 bits per heavy atom. The Bertz CT molecular complexity index is 445. The summed E-state index contributed by atoms with van der Waals surface area (Å²) in [5.41, 5.74) is 5.35. The van der Waals surface area contributed by atoms with E-state index in [4.69, 9.17) is 10.5 Å². The Labute approximate surface area is 98.6 Å². The first kappa shape index (κ1) is 13.2. The second-order valence-corrected chi connectivity index (χ2v) is 3.81. The van der Waals surface area contributed by atoms with Crippen molar-refractivity contribution in [3.05, 3.63) is 29.6 Å². The van der Waals surface area contributed by atoms with E-state index in [0.29, 0.717) is 0 Å². The van der Waals surface area contributed by atoms with Gasteiger partial charge in [-0.25, -0.2) is 4.39 Å². The van der Waals surface area contributed by atoms with E-state index in [-0.39, 0.29) is 23.7 Å². The number of hydrogen-bond donors (Lipinski definition) is 1. The third kappa shape index (κ3) is 3.55. The second-order valence-electron chi connectivity index (χ2n) is 3.81. The highest BCUT2D eigenvalue weighted by Crippen LogP contribution is 2.21. The van der Waals surface area contributed by atoms with Crippen molar-refractivity contribution >= 4 is 11.7 Å². The molecule has 0 aliphatic heterocycles. The zero-order valence-corrected chi connectivity index (χ0v) is 9.70. The van der Waals surface area contributed by atoms with Gasteiger partial charge in [0.15, 0.2) is 5.78 Å². The summed E-state index contributed by atoms with van der Waals surface area (Å²) in [6, 6.07) is 3.65. The van der Waals surface area contributed by atoms with Crippen molar-refractivity contribution in [2.45, 2.75) is 13.8 Å². The van der Waals surface area contributed by atoms with Crippen LogP contribution in [-0.2, 0) is 4.79 Å². The van der Waals surface area contributed by atoms with Gasteiger partial charge in [0.25, 0.3) is 0 Å². The van der Waals surface area contributed by atoms with Crippen LogP contribution in [0.25, 0.3) is 0 Å². The minimum absolute atomic E-state index is 0.0130. The average Bonchev–Trinajstić information content (AvgIpc) is 2.25. The topological polar surface area (TPSA) is 69.4 Å². The SMILES string of the molecule is CC(=O)c1ccc(F)cc1OCC(C)C(N)=O. The molecule has 0 saturated heterocycles. The normalized spacial score (nSPS) is 11.9. The van der Waals surface area contributed by atoms with Crippen LogP contribution in [0.2, 0.25) is 0 Å². The van der Waals surface area contributed by atoms with E-state index in [1.807, 2.05) is 0 Å². The fraction of sp³-hybridized carbons (Fsp3) is 0.333. The van der Waals surface area contributed by atoms with Crippen molar-refractivity contribution in [3.8, 4) is 5.75 Å². The first-order valence-corrected chi connectivity index (χ1v) is 5.14. The van der Waals surface area contributed by atoms with Gasteiger partial charge in [-0.3, -0.25) is 9.59 Å². The van der Waals surface area contributed by atoms with Crippen LogP contribution >= 0.6 is 0 Å². The first-order valence-electron chi connectivity index (χ1n) is 5.14. The molecule has 1 aromatic carbocycles. The molecule has 1 unspecified atom stereocenters. The molecule has 0 heterocycles. The molecule has 0 aromatic heterocycles. The van der Waals surface area contributed by atoms with Crippen LogP contribution in [0.4, 0.5) is 4.39 Å². The summed E-state index contributed by atoms with van der Waals surface area (Å²) in [7, 11) is 0. The highest BCUT2D eigenvalue weighted by Gasteiger charge is 2.13. The summed E-state index contributed by atoms with van der Waals surface area (Å²) < 4.78 is 18.3. The number of amides is 1. The molecule has 1 rings (SSSR count). The van der Waals surface area contributed by atoms with Gasteiger partial charge in [-0.1, -0.05) is 6.92 Å². The van der Waals surface area contributed by atoms with E-state index in [0.717, 1.165) is 6.07 Å². The Morgan fingerprint density at radius 3 is 2.65 bits per heavy atom. The number of rotatable bonds is 5. The van der Waals surface area contributed by atoms with Crippen molar-refractivity contribution in [2.24, 2.45) is 11.7 Å². The minimum atomic E-state index is -0.509. The lowest BCUT2D eigenvalue weighted by Gasteiger charge is -2.12. The fourth-order valence-electron chi connectivity index (χ4n) is 1.20. The maximum atomic E-state index is 13.0. The van der Waals surface area contributed by atoms with Gasteiger partial charge in [-0.2, -0.15) is 0 Å². The van der Waals surface area contributed by atoms with E-state index < -0.39 is 17.6 Å². The molecule has 1 aromatic rings. The lowest BCUT2D eigenvalue weighted by atomic mass is 10.1. The molecule has 1 amide bonds. The second kappa shape index (κ2) is 5.43. The predicted molar refractivity (Wildman–Crippen MR) is 60.3 cm³/mol. The highest BCUT2D eigenvalue weighted by molar-refractivity contribution is 5.96. The van der Waals surface area contributed by atoms with E-state index in [1.54, 1.807) is 6.92 Å². The molecular weight excluding hydrogens is 225 g/mol. The third-order valence-corrected chi connectivity index (χ3v) is 2.30. The molecule has 17 heavy (non-hydrogen) atoms. The molecule has 0 spiro atoms. The van der Waals surface area contributed by atoms with Gasteiger partial charge in [0.1, 0.15) is 11.6 Å². The van der Waals surface area contributed by atoms with Gasteiger partial charge >= 0.3 is 0 Å². The summed E-state index contributed by atoms with van der Waals surface area (Å²) in [4.78, 5) is 22.1. The predicted octanol–water partition coefficient (Wildman–Crippen LogP) is 1.53. The summed E-state index contributed by atoms with van der Waals surface area (Å²) in [6.45, 7) is 2.96. The van der Waals surface area contributed by atoms with Crippen LogP contribution in [0.1, 0.15) is 24.2 Å². The number of benzene rings is 1. The van der Waals surface area contributed by atoms with Crippen molar-refractivity contribution in [1.29, 1.82) is 0 Å². The van der Waals surface area contributed by atoms with Crippen LogP contribution < -0.4 is 10.5 Å². The number of nitrogens with two attached hydrogens (primary N) is 1. The van der Waals surface area contributed by atoms with E-state index in [2.05, 4.69) is 0 Å². The smallest absolute Gasteiger partial charge is 0.223 e. The molecule has 0 bridgehead atoms. The number of hydrogen-bond acceptors (Lipinski definition) is 3. The number of carbonyl (C=O) groups is 2. The molecule has 1 atom stereocenters. The molecule has 0 fully saturated rings. The fourth-order valence-corrected chi connectivity index (χ4v) is 1.20.